The second-order valence-corrected chi connectivity index (χ2v) is 6.47. The van der Waals surface area contributed by atoms with Crippen molar-refractivity contribution in [1.82, 2.24) is 14.5 Å². The molecule has 134 valence electrons. The van der Waals surface area contributed by atoms with E-state index in [4.69, 9.17) is 12.2 Å². The van der Waals surface area contributed by atoms with Crippen LogP contribution in [0.15, 0.2) is 59.4 Å². The summed E-state index contributed by atoms with van der Waals surface area (Å²) in [5.41, 5.74) is 1.59. The lowest BCUT2D eigenvalue weighted by Gasteiger charge is -2.08. The van der Waals surface area contributed by atoms with Crippen LogP contribution < -0.4 is 10.9 Å². The molecule has 2 N–H and O–H groups in total. The van der Waals surface area contributed by atoms with Crippen molar-refractivity contribution < 1.29 is 4.79 Å². The fourth-order valence-corrected chi connectivity index (χ4v) is 3.33. The molecule has 2 aromatic carbocycles. The van der Waals surface area contributed by atoms with Gasteiger partial charge < -0.3 is 10.3 Å². The first-order valence-electron chi connectivity index (χ1n) is 8.51. The zero-order chi connectivity index (χ0) is 19.0. The SMILES string of the molecule is CCn1c(=S)[nH]c2cc(C(=O)Nc3ccc4ccccc4n3)ccc2c1=O. The van der Waals surface area contributed by atoms with Crippen LogP contribution in [0.5, 0.6) is 0 Å². The summed E-state index contributed by atoms with van der Waals surface area (Å²) in [6.07, 6.45) is 0. The van der Waals surface area contributed by atoms with Crippen molar-refractivity contribution in [2.45, 2.75) is 13.5 Å². The smallest absolute Gasteiger partial charge is 0.262 e. The van der Waals surface area contributed by atoms with Crippen LogP contribution in [0.3, 0.4) is 0 Å². The average molecular weight is 376 g/mol. The number of fused-ring (bicyclic) bond motifs is 2. The molecule has 0 atom stereocenters. The van der Waals surface area contributed by atoms with Crippen molar-refractivity contribution in [3.8, 4) is 0 Å². The number of rotatable bonds is 3. The fraction of sp³-hybridized carbons (Fsp3) is 0.100. The van der Waals surface area contributed by atoms with Gasteiger partial charge in [-0.3, -0.25) is 14.2 Å². The number of nitrogens with one attached hydrogen (secondary N) is 2. The van der Waals surface area contributed by atoms with Crippen molar-refractivity contribution in [1.29, 1.82) is 0 Å². The van der Waals surface area contributed by atoms with Gasteiger partial charge in [0.25, 0.3) is 11.5 Å². The summed E-state index contributed by atoms with van der Waals surface area (Å²) in [6.45, 7) is 2.34. The third-order valence-corrected chi connectivity index (χ3v) is 4.72. The molecule has 0 aliphatic rings. The highest BCUT2D eigenvalue weighted by Crippen LogP contribution is 2.16. The van der Waals surface area contributed by atoms with Gasteiger partial charge in [0, 0.05) is 17.5 Å². The van der Waals surface area contributed by atoms with Crippen LogP contribution in [0.4, 0.5) is 5.82 Å². The molecule has 4 aromatic rings. The molecule has 0 spiro atoms. The largest absolute Gasteiger partial charge is 0.332 e. The molecule has 0 aliphatic heterocycles. The van der Waals surface area contributed by atoms with Crippen LogP contribution in [0, 0.1) is 4.77 Å². The molecular formula is C20H16N4O2S. The predicted molar refractivity (Wildman–Crippen MR) is 109 cm³/mol. The number of para-hydroxylation sites is 1. The second-order valence-electron chi connectivity index (χ2n) is 6.08. The van der Waals surface area contributed by atoms with E-state index in [-0.39, 0.29) is 11.5 Å². The molecular weight excluding hydrogens is 360 g/mol. The van der Waals surface area contributed by atoms with Crippen LogP contribution in [0.2, 0.25) is 0 Å². The topological polar surface area (TPSA) is 79.8 Å². The molecule has 0 saturated carbocycles. The Labute approximate surface area is 159 Å². The summed E-state index contributed by atoms with van der Waals surface area (Å²) < 4.78 is 1.82. The Morgan fingerprint density at radius 1 is 1.19 bits per heavy atom. The molecule has 1 amide bonds. The van der Waals surface area contributed by atoms with E-state index in [1.54, 1.807) is 24.3 Å². The molecule has 7 heteroatoms. The zero-order valence-electron chi connectivity index (χ0n) is 14.5. The number of carbonyl (C=O) groups excluding carboxylic acids is 1. The van der Waals surface area contributed by atoms with Crippen LogP contribution in [-0.2, 0) is 6.54 Å². The molecule has 2 heterocycles. The number of carbonyl (C=O) groups is 1. The predicted octanol–water partition coefficient (Wildman–Crippen LogP) is 3.88. The summed E-state index contributed by atoms with van der Waals surface area (Å²) >= 11 is 5.22. The quantitative estimate of drug-likeness (QED) is 0.532. The van der Waals surface area contributed by atoms with E-state index in [2.05, 4.69) is 15.3 Å². The molecule has 6 nitrogen and oxygen atoms in total. The Kier molecular flexibility index (Phi) is 4.29. The minimum Gasteiger partial charge on any atom is -0.332 e. The monoisotopic (exact) mass is 376 g/mol. The Hall–Kier alpha value is -3.32. The van der Waals surface area contributed by atoms with Crippen LogP contribution in [-0.4, -0.2) is 20.4 Å². The maximum absolute atomic E-state index is 12.6. The molecule has 0 saturated heterocycles. The molecule has 4 rings (SSSR count). The Balaban J connectivity index is 1.69. The number of H-pyrrole nitrogens is 1. The minimum atomic E-state index is -0.307. The van der Waals surface area contributed by atoms with Crippen LogP contribution >= 0.6 is 12.2 Å². The number of benzene rings is 2. The Morgan fingerprint density at radius 2 is 2.00 bits per heavy atom. The zero-order valence-corrected chi connectivity index (χ0v) is 15.3. The number of anilines is 1. The molecule has 0 fully saturated rings. The van der Waals surface area contributed by atoms with E-state index < -0.39 is 0 Å². The van der Waals surface area contributed by atoms with Gasteiger partial charge in [0.2, 0.25) is 0 Å². The lowest BCUT2D eigenvalue weighted by atomic mass is 10.1. The fourth-order valence-electron chi connectivity index (χ4n) is 3.01. The molecule has 0 aliphatic carbocycles. The van der Waals surface area contributed by atoms with Gasteiger partial charge in [0.1, 0.15) is 5.82 Å². The summed E-state index contributed by atoms with van der Waals surface area (Å²) in [6, 6.07) is 16.2. The van der Waals surface area contributed by atoms with Gasteiger partial charge >= 0.3 is 0 Å². The normalized spacial score (nSPS) is 11.0. The molecule has 0 radical (unpaired) electrons. The summed E-state index contributed by atoms with van der Waals surface area (Å²) in [5.74, 6) is 0.159. The maximum Gasteiger partial charge on any atom is 0.262 e. The van der Waals surface area contributed by atoms with Gasteiger partial charge in [-0.25, -0.2) is 4.98 Å². The third kappa shape index (κ3) is 3.13. The molecule has 0 bridgehead atoms. The van der Waals surface area contributed by atoms with Crippen molar-refractivity contribution in [3.05, 3.63) is 75.3 Å². The first-order valence-corrected chi connectivity index (χ1v) is 8.91. The van der Waals surface area contributed by atoms with Gasteiger partial charge in [-0.15, -0.1) is 0 Å². The van der Waals surface area contributed by atoms with E-state index in [0.717, 1.165) is 10.9 Å². The van der Waals surface area contributed by atoms with Crippen molar-refractivity contribution >= 4 is 45.7 Å². The standard InChI is InChI=1S/C20H16N4O2S/c1-2-24-19(26)14-9-7-13(11-16(14)22-20(24)27)18(25)23-17-10-8-12-5-3-4-6-15(12)21-17/h3-11H,2H2,1H3,(H,22,27)(H,21,23,25). The second kappa shape index (κ2) is 6.77. The third-order valence-electron chi connectivity index (χ3n) is 4.40. The van der Waals surface area contributed by atoms with Gasteiger partial charge in [-0.1, -0.05) is 18.2 Å². The van der Waals surface area contributed by atoms with E-state index in [9.17, 15) is 9.59 Å². The van der Waals surface area contributed by atoms with Crippen molar-refractivity contribution in [2.24, 2.45) is 0 Å². The number of nitrogens with zero attached hydrogens (tertiary/aromatic N) is 2. The molecule has 27 heavy (non-hydrogen) atoms. The highest BCUT2D eigenvalue weighted by Gasteiger charge is 2.11. The number of pyridine rings is 1. The van der Waals surface area contributed by atoms with Gasteiger partial charge in [0.15, 0.2) is 4.77 Å². The summed E-state index contributed by atoms with van der Waals surface area (Å²) in [7, 11) is 0. The number of hydrogen-bond donors (Lipinski definition) is 2. The lowest BCUT2D eigenvalue weighted by molar-refractivity contribution is 0.102. The molecule has 2 aromatic heterocycles. The van der Waals surface area contributed by atoms with Crippen LogP contribution in [0.25, 0.3) is 21.8 Å². The van der Waals surface area contributed by atoms with E-state index in [1.165, 1.54) is 4.57 Å². The van der Waals surface area contributed by atoms with E-state index in [0.29, 0.717) is 33.6 Å². The summed E-state index contributed by atoms with van der Waals surface area (Å²) in [4.78, 5) is 32.5. The van der Waals surface area contributed by atoms with Gasteiger partial charge in [-0.05, 0) is 55.5 Å². The first kappa shape index (κ1) is 17.1. The van der Waals surface area contributed by atoms with Gasteiger partial charge in [-0.2, -0.15) is 0 Å². The number of aromatic nitrogens is 3. The summed E-state index contributed by atoms with van der Waals surface area (Å²) in [5, 5.41) is 4.29. The van der Waals surface area contributed by atoms with E-state index >= 15 is 0 Å². The van der Waals surface area contributed by atoms with Crippen molar-refractivity contribution in [3.63, 3.8) is 0 Å². The maximum atomic E-state index is 12.6. The minimum absolute atomic E-state index is 0.167. The highest BCUT2D eigenvalue weighted by molar-refractivity contribution is 7.71. The molecule has 0 unspecified atom stereocenters. The average Bonchev–Trinajstić information content (AvgIpc) is 2.67. The lowest BCUT2D eigenvalue weighted by Crippen LogP contribution is -2.21. The first-order chi connectivity index (χ1) is 13.1. The number of amides is 1. The number of hydrogen-bond acceptors (Lipinski definition) is 4. The number of aromatic amines is 1. The Morgan fingerprint density at radius 3 is 2.81 bits per heavy atom. The Bertz CT molecular complexity index is 1310. The van der Waals surface area contributed by atoms with E-state index in [1.807, 2.05) is 37.3 Å². The highest BCUT2D eigenvalue weighted by atomic mass is 32.1. The van der Waals surface area contributed by atoms with Gasteiger partial charge in [0.05, 0.1) is 16.4 Å². The van der Waals surface area contributed by atoms with Crippen molar-refractivity contribution in [2.75, 3.05) is 5.32 Å². The van der Waals surface area contributed by atoms with Crippen LogP contribution in [0.1, 0.15) is 17.3 Å².